The molecule has 0 radical (unpaired) electrons. The number of benzene rings is 1. The molecule has 9 nitrogen and oxygen atoms in total. The number of hydrogen-bond acceptors (Lipinski definition) is 7. The lowest BCUT2D eigenvalue weighted by molar-refractivity contribution is 0.642. The molecule has 0 amide bonds. The molecule has 0 saturated carbocycles. The normalized spacial score (nSPS) is 11.4. The first-order valence-electron chi connectivity index (χ1n) is 12.7. The van der Waals surface area contributed by atoms with E-state index < -0.39 is 5.82 Å². The van der Waals surface area contributed by atoms with E-state index in [1.165, 1.54) is 11.8 Å². The number of H-pyrrole nitrogens is 2. The number of imidazole rings is 1. The van der Waals surface area contributed by atoms with E-state index in [0.717, 1.165) is 23.2 Å². The van der Waals surface area contributed by atoms with Crippen molar-refractivity contribution in [1.82, 2.24) is 45.4 Å². The smallest absolute Gasteiger partial charge is 0.159 e. The average Bonchev–Trinajstić information content (AvgIpc) is 3.63. The number of nitrogens with zero attached hydrogens (tertiary/aromatic N) is 6. The number of aromatic nitrogens is 8. The summed E-state index contributed by atoms with van der Waals surface area (Å²) in [6.07, 6.45) is 10.0. The van der Waals surface area contributed by atoms with Gasteiger partial charge in [0.2, 0.25) is 0 Å². The Kier molecular flexibility index (Phi) is 5.98. The van der Waals surface area contributed by atoms with Crippen molar-refractivity contribution in [3.05, 3.63) is 109 Å². The largest absolute Gasteiger partial charge is 0.336 e. The third kappa shape index (κ3) is 4.36. The lowest BCUT2D eigenvalue weighted by Gasteiger charge is -2.08. The summed E-state index contributed by atoms with van der Waals surface area (Å²) in [6, 6.07) is 17.7. The van der Waals surface area contributed by atoms with Crippen LogP contribution in [-0.4, -0.2) is 40.1 Å². The third-order valence-electron chi connectivity index (χ3n) is 6.69. The maximum absolute atomic E-state index is 16.1. The first-order valence-corrected chi connectivity index (χ1v) is 12.7. The quantitative estimate of drug-likeness (QED) is 0.252. The van der Waals surface area contributed by atoms with E-state index in [-0.39, 0.29) is 5.39 Å². The van der Waals surface area contributed by atoms with Gasteiger partial charge in [-0.05, 0) is 35.4 Å². The Hall–Kier alpha value is -5.35. The van der Waals surface area contributed by atoms with Gasteiger partial charge in [0.15, 0.2) is 11.5 Å². The van der Waals surface area contributed by atoms with Gasteiger partial charge in [0.25, 0.3) is 0 Å². The van der Waals surface area contributed by atoms with Crippen molar-refractivity contribution in [1.29, 1.82) is 0 Å². The molecule has 3 N–H and O–H groups in total. The number of fused-ring (bicyclic) bond motifs is 2. The van der Waals surface area contributed by atoms with E-state index in [4.69, 9.17) is 4.98 Å². The molecule has 6 aromatic heterocycles. The summed E-state index contributed by atoms with van der Waals surface area (Å²) in [5, 5.41) is 10.9. The fraction of sp³-hybridized carbons (Fsp3) is 0.0667. The molecule has 0 bridgehead atoms. The molecule has 6 heterocycles. The van der Waals surface area contributed by atoms with Crippen molar-refractivity contribution < 1.29 is 4.39 Å². The molecule has 0 unspecified atom stereocenters. The zero-order valence-corrected chi connectivity index (χ0v) is 21.1. The van der Waals surface area contributed by atoms with Gasteiger partial charge in [0.05, 0.1) is 16.6 Å². The minimum atomic E-state index is -0.448. The lowest BCUT2D eigenvalue weighted by Crippen LogP contribution is -2.12. The molecule has 7 aromatic rings. The fourth-order valence-electron chi connectivity index (χ4n) is 4.77. The Morgan fingerprint density at radius 3 is 2.52 bits per heavy atom. The standard InChI is InChI=1S/C30H22FN9/c31-25-22(21-11-19(14-34-16-21)13-33-12-18-5-2-1-3-6-18)17-36-29-24(25)28(39-40-29)30-37-23-8-10-35-26(27(23)38-30)20-7-4-9-32-15-20/h1-11,14-17,33H,12-13H2,(H,37,38)(H,36,39,40). The Morgan fingerprint density at radius 1 is 0.775 bits per heavy atom. The summed E-state index contributed by atoms with van der Waals surface area (Å²) in [7, 11) is 0. The molecule has 0 atom stereocenters. The molecular formula is C30H22FN9. The van der Waals surface area contributed by atoms with Gasteiger partial charge in [-0.3, -0.25) is 20.1 Å². The second-order valence-corrected chi connectivity index (χ2v) is 9.34. The van der Waals surface area contributed by atoms with E-state index in [0.29, 0.717) is 46.0 Å². The number of nitrogens with one attached hydrogen (secondary N) is 3. The van der Waals surface area contributed by atoms with Gasteiger partial charge < -0.3 is 10.3 Å². The molecule has 0 spiro atoms. The van der Waals surface area contributed by atoms with Gasteiger partial charge >= 0.3 is 0 Å². The number of hydrogen-bond donors (Lipinski definition) is 3. The number of halogens is 1. The minimum absolute atomic E-state index is 0.250. The van der Waals surface area contributed by atoms with Crippen LogP contribution in [0.3, 0.4) is 0 Å². The Morgan fingerprint density at radius 2 is 1.65 bits per heavy atom. The van der Waals surface area contributed by atoms with E-state index in [1.54, 1.807) is 31.0 Å². The van der Waals surface area contributed by atoms with Crippen LogP contribution >= 0.6 is 0 Å². The van der Waals surface area contributed by atoms with Crippen LogP contribution in [0.2, 0.25) is 0 Å². The fourth-order valence-corrected chi connectivity index (χ4v) is 4.77. The summed E-state index contributed by atoms with van der Waals surface area (Å²) in [6.45, 7) is 1.32. The maximum atomic E-state index is 16.1. The van der Waals surface area contributed by atoms with E-state index in [1.807, 2.05) is 42.5 Å². The predicted octanol–water partition coefficient (Wildman–Crippen LogP) is 5.45. The zero-order valence-electron chi connectivity index (χ0n) is 21.1. The maximum Gasteiger partial charge on any atom is 0.159 e. The van der Waals surface area contributed by atoms with Crippen molar-refractivity contribution >= 4 is 22.1 Å². The lowest BCUT2D eigenvalue weighted by atomic mass is 10.1. The van der Waals surface area contributed by atoms with Crippen LogP contribution in [0.1, 0.15) is 11.1 Å². The monoisotopic (exact) mass is 527 g/mol. The van der Waals surface area contributed by atoms with Crippen LogP contribution in [0.4, 0.5) is 4.39 Å². The first-order chi connectivity index (χ1) is 19.7. The van der Waals surface area contributed by atoms with E-state index in [9.17, 15) is 0 Å². The molecule has 40 heavy (non-hydrogen) atoms. The van der Waals surface area contributed by atoms with Crippen LogP contribution in [0.15, 0.2) is 91.8 Å². The highest BCUT2D eigenvalue weighted by atomic mass is 19.1. The SMILES string of the molecule is Fc1c(-c2cncc(CNCc3ccccc3)c2)cnc2[nH]nc(-c3nc4c(-c5cccnc5)nccc4[nH]3)c12. The highest BCUT2D eigenvalue weighted by Gasteiger charge is 2.21. The molecule has 0 aliphatic rings. The van der Waals surface area contributed by atoms with Crippen LogP contribution in [0.25, 0.3) is 56.0 Å². The first kappa shape index (κ1) is 23.7. The second kappa shape index (κ2) is 10.1. The predicted molar refractivity (Wildman–Crippen MR) is 150 cm³/mol. The Balaban J connectivity index is 1.23. The molecule has 0 saturated heterocycles. The van der Waals surface area contributed by atoms with Crippen LogP contribution in [-0.2, 0) is 13.1 Å². The summed E-state index contributed by atoms with van der Waals surface area (Å²) >= 11 is 0. The van der Waals surface area contributed by atoms with Crippen molar-refractivity contribution in [2.75, 3.05) is 0 Å². The molecule has 194 valence electrons. The highest BCUT2D eigenvalue weighted by molar-refractivity contribution is 5.96. The minimum Gasteiger partial charge on any atom is -0.336 e. The van der Waals surface area contributed by atoms with Crippen molar-refractivity contribution in [2.45, 2.75) is 13.1 Å². The van der Waals surface area contributed by atoms with Gasteiger partial charge in [-0.2, -0.15) is 5.10 Å². The van der Waals surface area contributed by atoms with E-state index >= 15 is 4.39 Å². The topological polar surface area (TPSA) is 121 Å². The Labute approximate surface area is 227 Å². The van der Waals surface area contributed by atoms with Gasteiger partial charge in [0, 0.05) is 67.0 Å². The zero-order chi connectivity index (χ0) is 26.9. The molecule has 0 fully saturated rings. The van der Waals surface area contributed by atoms with Gasteiger partial charge in [0.1, 0.15) is 17.0 Å². The molecule has 1 aromatic carbocycles. The number of aromatic amines is 2. The summed E-state index contributed by atoms with van der Waals surface area (Å²) in [4.78, 5) is 25.5. The van der Waals surface area contributed by atoms with Crippen molar-refractivity contribution in [3.8, 4) is 33.9 Å². The van der Waals surface area contributed by atoms with Crippen LogP contribution in [0, 0.1) is 5.82 Å². The van der Waals surface area contributed by atoms with Crippen LogP contribution in [0.5, 0.6) is 0 Å². The summed E-state index contributed by atoms with van der Waals surface area (Å²) in [5.41, 5.74) is 6.67. The van der Waals surface area contributed by atoms with Crippen LogP contribution < -0.4 is 5.32 Å². The van der Waals surface area contributed by atoms with Gasteiger partial charge in [-0.25, -0.2) is 14.4 Å². The van der Waals surface area contributed by atoms with Gasteiger partial charge in [-0.1, -0.05) is 30.3 Å². The number of rotatable bonds is 7. The molecule has 7 rings (SSSR count). The molecule has 0 aliphatic carbocycles. The number of pyridine rings is 4. The molecule has 10 heteroatoms. The van der Waals surface area contributed by atoms with Gasteiger partial charge in [-0.15, -0.1) is 0 Å². The average molecular weight is 528 g/mol. The molecular weight excluding hydrogens is 505 g/mol. The summed E-state index contributed by atoms with van der Waals surface area (Å²) < 4.78 is 16.1. The van der Waals surface area contributed by atoms with Crippen molar-refractivity contribution in [3.63, 3.8) is 0 Å². The Bertz CT molecular complexity index is 1950. The summed E-state index contributed by atoms with van der Waals surface area (Å²) in [5.74, 6) is -0.0368. The second-order valence-electron chi connectivity index (χ2n) is 9.34. The third-order valence-corrected chi connectivity index (χ3v) is 6.69. The molecule has 0 aliphatic heterocycles. The van der Waals surface area contributed by atoms with Crippen molar-refractivity contribution in [2.24, 2.45) is 0 Å². The van der Waals surface area contributed by atoms with E-state index in [2.05, 4.69) is 52.6 Å². The highest BCUT2D eigenvalue weighted by Crippen LogP contribution is 2.34.